The van der Waals surface area contributed by atoms with Gasteiger partial charge in [0, 0.05) is 62.1 Å². The van der Waals surface area contributed by atoms with Gasteiger partial charge in [-0.3, -0.25) is 9.89 Å². The van der Waals surface area contributed by atoms with Gasteiger partial charge in [0.15, 0.2) is 10.8 Å². The Morgan fingerprint density at radius 2 is 1.98 bits per heavy atom. The van der Waals surface area contributed by atoms with Gasteiger partial charge in [-0.25, -0.2) is 27.4 Å². The predicted molar refractivity (Wildman–Crippen MR) is 173 cm³/mol. The molecule has 1 N–H and O–H groups in total. The molecule has 9 rings (SSSR count). The first-order valence-electron chi connectivity index (χ1n) is 16.3. The van der Waals surface area contributed by atoms with Crippen LogP contribution in [0.4, 0.5) is 9.18 Å². The number of esters is 1. The second-order valence-electron chi connectivity index (χ2n) is 13.6. The number of sulfonamides is 1. The number of aromatic nitrogens is 1. The van der Waals surface area contributed by atoms with Crippen LogP contribution in [0.3, 0.4) is 0 Å². The Kier molecular flexibility index (Phi) is 7.28. The lowest BCUT2D eigenvalue weighted by molar-refractivity contribution is -0.188. The number of piperazine rings is 1. The molecule has 15 heteroatoms. The molecular formula is C32H38FN7O5S2. The molecule has 4 aliphatic heterocycles. The van der Waals surface area contributed by atoms with Crippen molar-refractivity contribution >= 4 is 39.2 Å². The Morgan fingerprint density at radius 1 is 1.17 bits per heavy atom. The van der Waals surface area contributed by atoms with E-state index in [4.69, 9.17) is 9.73 Å². The largest absolute Gasteiger partial charge is 0.463 e. The van der Waals surface area contributed by atoms with Gasteiger partial charge in [0.1, 0.15) is 11.9 Å². The number of benzene rings is 1. The SMILES string of the molecule is CCOC(=O)C1=C(CN2CCN3C(=O)N(C45CC(N6CCCS6(=O)=O)(C4)C5)C[C@@H]3C2)NC(c2nccs2)=N[C@H]1c1cccc(F)c1C. The fraction of sp³-hybridized carbons (Fsp3) is 0.562. The first-order chi connectivity index (χ1) is 22.5. The lowest BCUT2D eigenvalue weighted by Crippen LogP contribution is -2.83. The van der Waals surface area contributed by atoms with E-state index in [2.05, 4.69) is 15.2 Å². The highest BCUT2D eigenvalue weighted by Crippen LogP contribution is 2.68. The van der Waals surface area contributed by atoms with Crippen LogP contribution in [0.15, 0.2) is 46.0 Å². The summed E-state index contributed by atoms with van der Waals surface area (Å²) in [4.78, 5) is 42.8. The van der Waals surface area contributed by atoms with Crippen molar-refractivity contribution in [3.05, 3.63) is 63.0 Å². The van der Waals surface area contributed by atoms with Gasteiger partial charge < -0.3 is 19.9 Å². The van der Waals surface area contributed by atoms with Gasteiger partial charge in [0.2, 0.25) is 10.0 Å². The fourth-order valence-electron chi connectivity index (χ4n) is 8.70. The zero-order valence-electron chi connectivity index (χ0n) is 26.4. The van der Waals surface area contributed by atoms with E-state index < -0.39 is 22.0 Å². The number of thiazole rings is 1. The normalized spacial score (nSPS) is 31.6. The van der Waals surface area contributed by atoms with Crippen LogP contribution in [0, 0.1) is 12.7 Å². The quantitative estimate of drug-likeness (QED) is 0.421. The number of amides is 2. The summed E-state index contributed by atoms with van der Waals surface area (Å²) in [6.07, 6.45) is 4.52. The van der Waals surface area contributed by atoms with Crippen LogP contribution in [-0.4, -0.2) is 119 Å². The molecule has 250 valence electrons. The Balaban J connectivity index is 1.04. The number of aliphatic imine (C=N–C) groups is 1. The lowest BCUT2D eigenvalue weighted by Gasteiger charge is -2.74. The molecule has 6 fully saturated rings. The third-order valence-electron chi connectivity index (χ3n) is 10.9. The molecule has 2 bridgehead atoms. The number of amidine groups is 1. The summed E-state index contributed by atoms with van der Waals surface area (Å²) in [6.45, 7) is 6.93. The number of carbonyl (C=O) groups excluding carboxylic acids is 2. The highest BCUT2D eigenvalue weighted by Gasteiger charge is 2.76. The van der Waals surface area contributed by atoms with Crippen molar-refractivity contribution < 1.29 is 27.1 Å². The number of halogens is 1. The molecule has 3 saturated carbocycles. The average Bonchev–Trinajstić information content (AvgIpc) is 3.73. The zero-order valence-corrected chi connectivity index (χ0v) is 28.1. The molecule has 12 nitrogen and oxygen atoms in total. The molecule has 2 amide bonds. The second-order valence-corrected chi connectivity index (χ2v) is 16.5. The molecule has 3 aliphatic carbocycles. The van der Waals surface area contributed by atoms with Crippen molar-refractivity contribution in [3.63, 3.8) is 0 Å². The van der Waals surface area contributed by atoms with E-state index in [1.165, 1.54) is 17.4 Å². The molecule has 0 unspecified atom stereocenters. The Hall–Kier alpha value is -3.40. The highest BCUT2D eigenvalue weighted by molar-refractivity contribution is 7.89. The molecular weight excluding hydrogens is 646 g/mol. The third-order valence-corrected chi connectivity index (χ3v) is 13.7. The topological polar surface area (TPSA) is 128 Å². The van der Waals surface area contributed by atoms with Gasteiger partial charge in [-0.2, -0.15) is 4.31 Å². The molecule has 2 atom stereocenters. The van der Waals surface area contributed by atoms with E-state index in [9.17, 15) is 22.4 Å². The van der Waals surface area contributed by atoms with Crippen LogP contribution in [0.1, 0.15) is 54.8 Å². The molecule has 0 spiro atoms. The zero-order chi connectivity index (χ0) is 32.7. The van der Waals surface area contributed by atoms with Crippen LogP contribution in [-0.2, 0) is 19.6 Å². The molecule has 7 aliphatic rings. The van der Waals surface area contributed by atoms with Crippen LogP contribution < -0.4 is 5.32 Å². The Morgan fingerprint density at radius 3 is 2.68 bits per heavy atom. The molecule has 47 heavy (non-hydrogen) atoms. The predicted octanol–water partition coefficient (Wildman–Crippen LogP) is 2.63. The summed E-state index contributed by atoms with van der Waals surface area (Å²) in [5.74, 6) is -0.154. The summed E-state index contributed by atoms with van der Waals surface area (Å²) in [6, 6.07) is 4.03. The minimum atomic E-state index is -3.19. The number of urea groups is 1. The second kappa shape index (κ2) is 11.1. The maximum absolute atomic E-state index is 14.8. The number of nitrogens with zero attached hydrogens (tertiary/aromatic N) is 6. The molecule has 3 saturated heterocycles. The highest BCUT2D eigenvalue weighted by atomic mass is 32.2. The van der Waals surface area contributed by atoms with Gasteiger partial charge in [0.05, 0.1) is 29.5 Å². The van der Waals surface area contributed by atoms with Crippen LogP contribution in [0.5, 0.6) is 0 Å². The van der Waals surface area contributed by atoms with Gasteiger partial charge in [-0.1, -0.05) is 12.1 Å². The first kappa shape index (κ1) is 30.9. The van der Waals surface area contributed by atoms with E-state index in [1.807, 2.05) is 15.2 Å². The molecule has 5 heterocycles. The standard InChI is InChI=1S/C32H38FN7O5S2/c1-3-45-29(41)25-24(35-27(28-34-8-12-46-28)36-26(25)22-6-4-7-23(33)20(22)2)16-37-10-11-38-21(14-37)15-39(30(38)42)31-17-32(18-31,19-31)40-9-5-13-47(40,43)44/h4,6-8,12,21,26H,3,5,9-11,13-19H2,1-2H3,(H,35,36)/t21-,26-,31?,32?/m0/s1. The fourth-order valence-corrected chi connectivity index (χ4v) is 11.2. The van der Waals surface area contributed by atoms with Crippen molar-refractivity contribution in [2.75, 3.05) is 51.6 Å². The van der Waals surface area contributed by atoms with Gasteiger partial charge in [-0.05, 0) is 56.7 Å². The molecule has 2 aromatic rings. The number of carbonyl (C=O) groups is 2. The molecule has 1 aromatic carbocycles. The van der Waals surface area contributed by atoms with Crippen LogP contribution in [0.25, 0.3) is 0 Å². The number of hydrogen-bond donors (Lipinski definition) is 1. The number of nitrogens with one attached hydrogen (secondary N) is 1. The summed E-state index contributed by atoms with van der Waals surface area (Å²) < 4.78 is 47.3. The van der Waals surface area contributed by atoms with Gasteiger partial charge >= 0.3 is 12.0 Å². The van der Waals surface area contributed by atoms with E-state index in [1.54, 1.807) is 36.5 Å². The van der Waals surface area contributed by atoms with Crippen LogP contribution in [0.2, 0.25) is 0 Å². The Labute approximate surface area is 277 Å². The number of fused-ring (bicyclic) bond motifs is 1. The number of rotatable bonds is 8. The number of ether oxygens (including phenoxy) is 1. The maximum atomic E-state index is 14.8. The van der Waals surface area contributed by atoms with Crippen LogP contribution >= 0.6 is 11.3 Å². The van der Waals surface area contributed by atoms with E-state index in [0.29, 0.717) is 98.2 Å². The molecule has 1 aromatic heterocycles. The minimum absolute atomic E-state index is 0.0275. The minimum Gasteiger partial charge on any atom is -0.463 e. The van der Waals surface area contributed by atoms with Crippen molar-refractivity contribution in [3.8, 4) is 0 Å². The number of hydrogen-bond acceptors (Lipinski definition) is 10. The van der Waals surface area contributed by atoms with E-state index >= 15 is 0 Å². The first-order valence-corrected chi connectivity index (χ1v) is 18.7. The lowest BCUT2D eigenvalue weighted by atomic mass is 9.43. The molecule has 0 radical (unpaired) electrons. The van der Waals surface area contributed by atoms with Crippen molar-refractivity contribution in [2.45, 2.75) is 62.7 Å². The van der Waals surface area contributed by atoms with Gasteiger partial charge in [0.25, 0.3) is 0 Å². The Bertz CT molecular complexity index is 1790. The van der Waals surface area contributed by atoms with E-state index in [0.717, 1.165) is 0 Å². The van der Waals surface area contributed by atoms with Crippen molar-refractivity contribution in [2.24, 2.45) is 4.99 Å². The summed E-state index contributed by atoms with van der Waals surface area (Å²) in [5, 5.41) is 5.90. The van der Waals surface area contributed by atoms with Gasteiger partial charge in [-0.15, -0.1) is 11.3 Å². The summed E-state index contributed by atoms with van der Waals surface area (Å²) in [5.41, 5.74) is 1.40. The summed E-state index contributed by atoms with van der Waals surface area (Å²) in [7, 11) is -3.19. The van der Waals surface area contributed by atoms with E-state index in [-0.39, 0.29) is 41.3 Å². The van der Waals surface area contributed by atoms with Crippen molar-refractivity contribution in [1.82, 2.24) is 29.3 Å². The smallest absolute Gasteiger partial charge is 0.338 e. The third kappa shape index (κ3) is 4.83. The monoisotopic (exact) mass is 683 g/mol. The summed E-state index contributed by atoms with van der Waals surface area (Å²) >= 11 is 1.42. The van der Waals surface area contributed by atoms with Crippen molar-refractivity contribution in [1.29, 1.82) is 0 Å². The maximum Gasteiger partial charge on any atom is 0.338 e. The average molecular weight is 684 g/mol.